The topological polar surface area (TPSA) is 100 Å². The molecule has 0 spiro atoms. The predicted octanol–water partition coefficient (Wildman–Crippen LogP) is 7.75. The first kappa shape index (κ1) is 38.8. The van der Waals surface area contributed by atoms with Gasteiger partial charge in [-0.1, -0.05) is 90.7 Å². The fraction of sp³-hybridized carbons (Fsp3) is 0.606. The minimum Gasteiger partial charge on any atom is -0.360 e. The highest BCUT2D eigenvalue weighted by atomic mass is 32.2. The van der Waals surface area contributed by atoms with Crippen molar-refractivity contribution in [1.82, 2.24) is 9.62 Å². The lowest BCUT2D eigenvalue weighted by Crippen LogP contribution is -2.35. The highest BCUT2D eigenvalue weighted by molar-refractivity contribution is 8.27. The van der Waals surface area contributed by atoms with E-state index in [9.17, 15) is 13.2 Å². The highest BCUT2D eigenvalue weighted by Crippen LogP contribution is 2.29. The van der Waals surface area contributed by atoms with Gasteiger partial charge in [0, 0.05) is 20.2 Å². The van der Waals surface area contributed by atoms with E-state index in [4.69, 9.17) is 4.74 Å². The molecule has 0 saturated carbocycles. The summed E-state index contributed by atoms with van der Waals surface area (Å²) in [5.41, 5.74) is 1.39. The second-order valence-electron chi connectivity index (χ2n) is 10.7. The minimum absolute atomic E-state index is 0.141. The van der Waals surface area contributed by atoms with Crippen LogP contribution in [0.15, 0.2) is 69.7 Å². The highest BCUT2D eigenvalue weighted by Gasteiger charge is 2.29. The number of carbonyl (C=O) groups is 1. The third-order valence-corrected chi connectivity index (χ3v) is 10.2. The van der Waals surface area contributed by atoms with Gasteiger partial charge in [-0.15, -0.1) is 0 Å². The smallest absolute Gasteiger partial charge is 0.243 e. The lowest BCUT2D eigenvalue weighted by Gasteiger charge is -2.23. The van der Waals surface area contributed by atoms with Crippen molar-refractivity contribution in [1.29, 1.82) is 0 Å². The van der Waals surface area contributed by atoms with E-state index in [0.29, 0.717) is 41.3 Å². The third-order valence-electron chi connectivity index (χ3n) is 7.36. The molecule has 1 aliphatic rings. The van der Waals surface area contributed by atoms with Crippen molar-refractivity contribution in [3.63, 3.8) is 0 Å². The summed E-state index contributed by atoms with van der Waals surface area (Å²) in [5.74, 6) is -0.298. The molecule has 3 unspecified atom stereocenters. The molecular weight excluding hydrogens is 581 g/mol. The average molecular weight is 635 g/mol. The van der Waals surface area contributed by atoms with Gasteiger partial charge in [0.15, 0.2) is 5.17 Å². The summed E-state index contributed by atoms with van der Waals surface area (Å²) < 4.78 is 34.0. The molecule has 242 valence electrons. The van der Waals surface area contributed by atoms with Crippen LogP contribution in [0.4, 0.5) is 0 Å². The van der Waals surface area contributed by atoms with Gasteiger partial charge in [0.05, 0.1) is 16.5 Å². The van der Waals surface area contributed by atoms with E-state index in [1.807, 2.05) is 27.7 Å². The first-order valence-corrected chi connectivity index (χ1v) is 17.8. The van der Waals surface area contributed by atoms with E-state index in [2.05, 4.69) is 42.3 Å². The van der Waals surface area contributed by atoms with E-state index in [0.717, 1.165) is 50.5 Å². The number of carbonyl (C=O) groups excluding carboxylic acids is 1. The average Bonchev–Trinajstić information content (AvgIpc) is 3.34. The SMILES string of the molecule is C=C/C=C1/N=C(NC(=O)C(CC(CC)CCC)/C(C)=C/C=C(\C=C)S(=O)(=O)N(CCCC)CCCC)S/C1=N/C(C)OC. The Labute approximate surface area is 265 Å². The summed E-state index contributed by atoms with van der Waals surface area (Å²) in [6, 6.07) is 0. The summed E-state index contributed by atoms with van der Waals surface area (Å²) in [6.07, 6.45) is 14.8. The van der Waals surface area contributed by atoms with Gasteiger partial charge in [-0.25, -0.2) is 18.4 Å². The van der Waals surface area contributed by atoms with Crippen LogP contribution in [0.5, 0.6) is 0 Å². The largest absolute Gasteiger partial charge is 0.360 e. The van der Waals surface area contributed by atoms with Crippen molar-refractivity contribution in [2.24, 2.45) is 21.8 Å². The monoisotopic (exact) mass is 634 g/mol. The molecule has 0 aromatic rings. The number of thioether (sulfide) groups is 1. The molecule has 0 fully saturated rings. The predicted molar refractivity (Wildman–Crippen MR) is 184 cm³/mol. The molecule has 0 bridgehead atoms. The van der Waals surface area contributed by atoms with Gasteiger partial charge < -0.3 is 10.1 Å². The van der Waals surface area contributed by atoms with E-state index in [1.165, 1.54) is 17.8 Å². The van der Waals surface area contributed by atoms with Gasteiger partial charge >= 0.3 is 0 Å². The first-order valence-electron chi connectivity index (χ1n) is 15.5. The Balaban J connectivity index is 3.42. The van der Waals surface area contributed by atoms with Crippen LogP contribution in [0.3, 0.4) is 0 Å². The van der Waals surface area contributed by atoms with E-state index in [1.54, 1.807) is 35.7 Å². The number of sulfonamides is 1. The molecule has 1 heterocycles. The van der Waals surface area contributed by atoms with Crippen LogP contribution < -0.4 is 5.32 Å². The number of unbranched alkanes of at least 4 members (excludes halogenated alkanes) is 2. The van der Waals surface area contributed by atoms with Crippen LogP contribution >= 0.6 is 11.8 Å². The maximum absolute atomic E-state index is 13.8. The fourth-order valence-corrected chi connectivity index (χ4v) is 6.98. The number of amidine groups is 1. The van der Waals surface area contributed by atoms with Crippen LogP contribution in [-0.4, -0.2) is 55.3 Å². The van der Waals surface area contributed by atoms with Crippen LogP contribution in [0, 0.1) is 11.8 Å². The van der Waals surface area contributed by atoms with E-state index in [-0.39, 0.29) is 17.0 Å². The van der Waals surface area contributed by atoms with Gasteiger partial charge in [0.1, 0.15) is 11.3 Å². The van der Waals surface area contributed by atoms with Crippen molar-refractivity contribution in [2.45, 2.75) is 99.1 Å². The van der Waals surface area contributed by atoms with Gasteiger partial charge in [-0.3, -0.25) is 4.79 Å². The number of hydrogen-bond acceptors (Lipinski definition) is 7. The molecule has 1 N–H and O–H groups in total. The van der Waals surface area contributed by atoms with E-state index < -0.39 is 15.9 Å². The number of rotatable bonds is 20. The number of allylic oxidation sites excluding steroid dienone is 5. The van der Waals surface area contributed by atoms with Crippen molar-refractivity contribution < 1.29 is 17.9 Å². The molecule has 0 aromatic heterocycles. The molecule has 1 aliphatic heterocycles. The normalized spacial score (nSPS) is 18.6. The number of methoxy groups -OCH3 is 1. The number of ether oxygens (including phenoxy) is 1. The zero-order valence-electron chi connectivity index (χ0n) is 27.4. The molecule has 1 amide bonds. The quantitative estimate of drug-likeness (QED) is 0.138. The number of hydrogen-bond donors (Lipinski definition) is 1. The van der Waals surface area contributed by atoms with Crippen LogP contribution in [0.2, 0.25) is 0 Å². The Hall–Kier alpha value is -2.27. The van der Waals surface area contributed by atoms with Crippen molar-refractivity contribution >= 4 is 37.9 Å². The van der Waals surface area contributed by atoms with Gasteiger partial charge in [-0.2, -0.15) is 4.31 Å². The Morgan fingerprint density at radius 3 is 2.28 bits per heavy atom. The Kier molecular flexibility index (Phi) is 18.6. The molecule has 0 aromatic carbocycles. The molecule has 0 aliphatic carbocycles. The Morgan fingerprint density at radius 2 is 1.77 bits per heavy atom. The van der Waals surface area contributed by atoms with Gasteiger partial charge in [0.2, 0.25) is 15.9 Å². The van der Waals surface area contributed by atoms with E-state index >= 15 is 0 Å². The van der Waals surface area contributed by atoms with Crippen LogP contribution in [0.1, 0.15) is 92.9 Å². The number of nitrogens with zero attached hydrogens (tertiary/aromatic N) is 3. The number of aliphatic imine (C=N–C) groups is 2. The Bertz CT molecular complexity index is 1180. The van der Waals surface area contributed by atoms with Crippen LogP contribution in [0.25, 0.3) is 0 Å². The molecule has 10 heteroatoms. The molecule has 0 saturated heterocycles. The van der Waals surface area contributed by atoms with Crippen LogP contribution in [-0.2, 0) is 19.6 Å². The lowest BCUT2D eigenvalue weighted by atomic mass is 9.85. The molecular formula is C33H54N4O4S2. The molecule has 43 heavy (non-hydrogen) atoms. The maximum atomic E-state index is 13.8. The molecule has 1 rings (SSSR count). The summed E-state index contributed by atoms with van der Waals surface area (Å²) in [6.45, 7) is 20.6. The third kappa shape index (κ3) is 12.7. The molecule has 8 nitrogen and oxygen atoms in total. The van der Waals surface area contributed by atoms with Crippen molar-refractivity contribution in [3.8, 4) is 0 Å². The van der Waals surface area contributed by atoms with Crippen molar-refractivity contribution in [2.75, 3.05) is 20.2 Å². The zero-order valence-corrected chi connectivity index (χ0v) is 29.0. The van der Waals surface area contributed by atoms with Gasteiger partial charge in [-0.05, 0) is 69.0 Å². The maximum Gasteiger partial charge on any atom is 0.243 e. The second kappa shape index (κ2) is 20.6. The minimum atomic E-state index is -3.71. The first-order chi connectivity index (χ1) is 20.5. The lowest BCUT2D eigenvalue weighted by molar-refractivity contribution is -0.122. The molecule has 3 atom stereocenters. The second-order valence-corrected chi connectivity index (χ2v) is 13.6. The number of nitrogens with one attached hydrogen (secondary N) is 1. The zero-order chi connectivity index (χ0) is 32.4. The standard InChI is InChI=1S/C33H54N4O4S2/c1-10-16-22-37(23-17-11-2)43(39,40)28(15-6)21-20-25(7)29(24-27(14-5)18-12-3)31(38)36-33-35-30(19-13-4)32(42-33)34-26(8)41-9/h13,15,19-21,26-27,29H,4,6,10-12,14,16-18,22-24H2,1-3,5,7-9H3,(H,35,36,38)/b25-20+,28-21+,30-19+,34-32+. The van der Waals surface area contributed by atoms with Crippen molar-refractivity contribution in [3.05, 3.63) is 59.7 Å². The molecule has 0 radical (unpaired) electrons. The van der Waals surface area contributed by atoms with Gasteiger partial charge in [0.25, 0.3) is 0 Å². The summed E-state index contributed by atoms with van der Waals surface area (Å²) in [4.78, 5) is 23.0. The summed E-state index contributed by atoms with van der Waals surface area (Å²) in [5, 5.41) is 4.09. The fourth-order valence-electron chi connectivity index (χ4n) is 4.59. The summed E-state index contributed by atoms with van der Waals surface area (Å²) in [7, 11) is -2.13. The number of amides is 1. The Morgan fingerprint density at radius 1 is 1.12 bits per heavy atom. The summed E-state index contributed by atoms with van der Waals surface area (Å²) >= 11 is 1.28.